The Morgan fingerprint density at radius 1 is 1.39 bits per heavy atom. The third-order valence-corrected chi connectivity index (χ3v) is 4.06. The van der Waals surface area contributed by atoms with Gasteiger partial charge in [-0.2, -0.15) is 0 Å². The zero-order valence-corrected chi connectivity index (χ0v) is 11.2. The van der Waals surface area contributed by atoms with Gasteiger partial charge in [0.2, 0.25) is 0 Å². The topological polar surface area (TPSA) is 39.2 Å². The highest BCUT2D eigenvalue weighted by Gasteiger charge is 2.27. The fraction of sp³-hybridized carbons (Fsp3) is 0.600. The molecule has 1 heterocycles. The van der Waals surface area contributed by atoms with Gasteiger partial charge in [0.15, 0.2) is 5.78 Å². The van der Waals surface area contributed by atoms with Gasteiger partial charge in [0.05, 0.1) is 18.9 Å². The number of hydrogen-bond acceptors (Lipinski definition) is 3. The third kappa shape index (κ3) is 2.71. The summed E-state index contributed by atoms with van der Waals surface area (Å²) in [5.41, 5.74) is 0.687. The van der Waals surface area contributed by atoms with E-state index in [0.29, 0.717) is 11.3 Å². The molecule has 1 fully saturated rings. The zero-order valence-electron chi connectivity index (χ0n) is 11.2. The van der Waals surface area contributed by atoms with Gasteiger partial charge in [0.1, 0.15) is 5.75 Å². The molecule has 98 valence electrons. The second-order valence-electron chi connectivity index (χ2n) is 5.07. The predicted molar refractivity (Wildman–Crippen MR) is 70.9 cm³/mol. The van der Waals surface area contributed by atoms with Crippen molar-refractivity contribution in [1.29, 1.82) is 0 Å². The van der Waals surface area contributed by atoms with Crippen LogP contribution in [0.5, 0.6) is 5.75 Å². The van der Waals surface area contributed by atoms with Crippen molar-refractivity contribution in [3.05, 3.63) is 24.0 Å². The Morgan fingerprint density at radius 2 is 2.11 bits per heavy atom. The van der Waals surface area contributed by atoms with Crippen molar-refractivity contribution in [1.82, 2.24) is 4.98 Å². The first-order valence-electron chi connectivity index (χ1n) is 6.78. The molecule has 3 heteroatoms. The molecule has 0 amide bonds. The maximum absolute atomic E-state index is 12.5. The first-order valence-corrected chi connectivity index (χ1v) is 6.78. The van der Waals surface area contributed by atoms with Crippen molar-refractivity contribution in [3.63, 3.8) is 0 Å². The lowest BCUT2D eigenvalue weighted by molar-refractivity contribution is 0.0868. The molecule has 0 spiro atoms. The summed E-state index contributed by atoms with van der Waals surface area (Å²) in [4.78, 5) is 16.5. The third-order valence-electron chi connectivity index (χ3n) is 4.06. The number of carbonyl (C=O) groups excluding carboxylic acids is 1. The highest BCUT2D eigenvalue weighted by Crippen LogP contribution is 2.33. The van der Waals surface area contributed by atoms with Gasteiger partial charge in [-0.05, 0) is 37.7 Å². The highest BCUT2D eigenvalue weighted by atomic mass is 16.5. The Bertz CT molecular complexity index is 409. The van der Waals surface area contributed by atoms with Gasteiger partial charge in [-0.15, -0.1) is 0 Å². The van der Waals surface area contributed by atoms with Crippen LogP contribution in [0.25, 0.3) is 0 Å². The van der Waals surface area contributed by atoms with Crippen LogP contribution in [-0.4, -0.2) is 17.9 Å². The number of ketones is 1. The van der Waals surface area contributed by atoms with Gasteiger partial charge < -0.3 is 4.74 Å². The Kier molecular flexibility index (Phi) is 4.34. The molecule has 1 aromatic heterocycles. The second kappa shape index (κ2) is 5.98. The van der Waals surface area contributed by atoms with Gasteiger partial charge in [-0.25, -0.2) is 0 Å². The first kappa shape index (κ1) is 13.1. The number of pyridine rings is 1. The summed E-state index contributed by atoms with van der Waals surface area (Å²) in [6.45, 7) is 2.23. The maximum atomic E-state index is 12.5. The van der Waals surface area contributed by atoms with E-state index in [1.165, 1.54) is 19.3 Å². The van der Waals surface area contributed by atoms with Crippen molar-refractivity contribution in [2.45, 2.75) is 39.0 Å². The minimum Gasteiger partial charge on any atom is -0.494 e. The summed E-state index contributed by atoms with van der Waals surface area (Å²) in [6.07, 6.45) is 8.91. The van der Waals surface area contributed by atoms with Crippen LogP contribution in [0.2, 0.25) is 0 Å². The second-order valence-corrected chi connectivity index (χ2v) is 5.07. The Balaban J connectivity index is 2.08. The molecule has 2 rings (SSSR count). The Hall–Kier alpha value is -1.38. The number of rotatable bonds is 4. The van der Waals surface area contributed by atoms with Crippen LogP contribution in [-0.2, 0) is 0 Å². The first-order chi connectivity index (χ1) is 8.76. The normalized spacial score (nSPS) is 23.7. The number of methoxy groups -OCH3 is 1. The number of carbonyl (C=O) groups is 1. The number of nitrogens with zero attached hydrogens (tertiary/aromatic N) is 1. The Morgan fingerprint density at radius 3 is 2.72 bits per heavy atom. The minimum atomic E-state index is 0.170. The lowest BCUT2D eigenvalue weighted by atomic mass is 9.78. The summed E-state index contributed by atoms with van der Waals surface area (Å²) in [5.74, 6) is 1.81. The molecule has 0 atom stereocenters. The quantitative estimate of drug-likeness (QED) is 0.764. The molecule has 1 aliphatic carbocycles. The van der Waals surface area contributed by atoms with Gasteiger partial charge in [0, 0.05) is 12.1 Å². The lowest BCUT2D eigenvalue weighted by Crippen LogP contribution is -2.22. The largest absolute Gasteiger partial charge is 0.494 e. The molecule has 1 aliphatic rings. The SMILES string of the molecule is CCC1CCC(C(=O)c2ccncc2OC)CC1. The fourth-order valence-corrected chi connectivity index (χ4v) is 2.80. The van der Waals surface area contributed by atoms with Crippen LogP contribution in [0.4, 0.5) is 0 Å². The molecule has 0 unspecified atom stereocenters. The van der Waals surface area contributed by atoms with Gasteiger partial charge in [-0.3, -0.25) is 9.78 Å². The predicted octanol–water partition coefficient (Wildman–Crippen LogP) is 3.49. The van der Waals surface area contributed by atoms with E-state index in [1.807, 2.05) is 0 Å². The molecule has 1 aromatic rings. The van der Waals surface area contributed by atoms with Crippen molar-refractivity contribution >= 4 is 5.78 Å². The van der Waals surface area contributed by atoms with E-state index < -0.39 is 0 Å². The molecular formula is C15H21NO2. The molecule has 0 aromatic carbocycles. The van der Waals surface area contributed by atoms with Gasteiger partial charge in [-0.1, -0.05) is 13.3 Å². The van der Waals surface area contributed by atoms with E-state index in [-0.39, 0.29) is 11.7 Å². The smallest absolute Gasteiger partial charge is 0.169 e. The van der Waals surface area contributed by atoms with E-state index in [0.717, 1.165) is 18.8 Å². The summed E-state index contributed by atoms with van der Waals surface area (Å²) < 4.78 is 5.22. The molecule has 0 N–H and O–H groups in total. The average molecular weight is 247 g/mol. The molecule has 18 heavy (non-hydrogen) atoms. The molecule has 0 aliphatic heterocycles. The molecule has 0 saturated heterocycles. The number of Topliss-reactive ketones (excluding diaryl/α,β-unsaturated/α-hetero) is 1. The minimum absolute atomic E-state index is 0.170. The van der Waals surface area contributed by atoms with Crippen LogP contribution in [0.15, 0.2) is 18.5 Å². The summed E-state index contributed by atoms with van der Waals surface area (Å²) in [7, 11) is 1.59. The molecule has 3 nitrogen and oxygen atoms in total. The van der Waals surface area contributed by atoms with E-state index in [9.17, 15) is 4.79 Å². The lowest BCUT2D eigenvalue weighted by Gasteiger charge is -2.27. The van der Waals surface area contributed by atoms with Crippen molar-refractivity contribution in [2.75, 3.05) is 7.11 Å². The summed E-state index contributed by atoms with van der Waals surface area (Å²) in [5, 5.41) is 0. The monoisotopic (exact) mass is 247 g/mol. The number of ether oxygens (including phenoxy) is 1. The van der Waals surface area contributed by atoms with E-state index >= 15 is 0 Å². The maximum Gasteiger partial charge on any atom is 0.169 e. The zero-order chi connectivity index (χ0) is 13.0. The van der Waals surface area contributed by atoms with Crippen molar-refractivity contribution in [3.8, 4) is 5.75 Å². The van der Waals surface area contributed by atoms with Crippen LogP contribution in [0, 0.1) is 11.8 Å². The summed E-state index contributed by atoms with van der Waals surface area (Å²) >= 11 is 0. The van der Waals surface area contributed by atoms with Crippen LogP contribution in [0.1, 0.15) is 49.4 Å². The summed E-state index contributed by atoms with van der Waals surface area (Å²) in [6, 6.07) is 1.77. The fourth-order valence-electron chi connectivity index (χ4n) is 2.80. The molecular weight excluding hydrogens is 226 g/mol. The van der Waals surface area contributed by atoms with Crippen molar-refractivity contribution < 1.29 is 9.53 Å². The van der Waals surface area contributed by atoms with E-state index in [4.69, 9.17) is 4.74 Å². The van der Waals surface area contributed by atoms with E-state index in [2.05, 4.69) is 11.9 Å². The van der Waals surface area contributed by atoms with Gasteiger partial charge in [0.25, 0.3) is 0 Å². The van der Waals surface area contributed by atoms with Crippen LogP contribution in [0.3, 0.4) is 0 Å². The highest BCUT2D eigenvalue weighted by molar-refractivity contribution is 6.00. The molecule has 1 saturated carbocycles. The Labute approximate surface area is 109 Å². The van der Waals surface area contributed by atoms with Crippen LogP contribution < -0.4 is 4.74 Å². The number of hydrogen-bond donors (Lipinski definition) is 0. The standard InChI is InChI=1S/C15H21NO2/c1-3-11-4-6-12(7-5-11)15(17)13-8-9-16-10-14(13)18-2/h8-12H,3-7H2,1-2H3. The van der Waals surface area contributed by atoms with E-state index in [1.54, 1.807) is 25.6 Å². The van der Waals surface area contributed by atoms with Crippen LogP contribution >= 0.6 is 0 Å². The molecule has 0 radical (unpaired) electrons. The average Bonchev–Trinajstić information content (AvgIpc) is 2.46. The number of aromatic nitrogens is 1. The van der Waals surface area contributed by atoms with Crippen molar-refractivity contribution in [2.24, 2.45) is 11.8 Å². The molecule has 0 bridgehead atoms. The van der Waals surface area contributed by atoms with Gasteiger partial charge >= 0.3 is 0 Å².